The molecule has 5 atom stereocenters. The van der Waals surface area contributed by atoms with Gasteiger partial charge < -0.3 is 14.8 Å². The third kappa shape index (κ3) is 2.78. The number of benzene rings is 2. The molecule has 1 heterocycles. The lowest BCUT2D eigenvalue weighted by Gasteiger charge is -2.23. The van der Waals surface area contributed by atoms with Gasteiger partial charge in [-0.25, -0.2) is 0 Å². The largest absolute Gasteiger partial charge is 0.462 e. The van der Waals surface area contributed by atoms with Crippen LogP contribution < -0.4 is 10.1 Å². The van der Waals surface area contributed by atoms with Crippen molar-refractivity contribution in [3.05, 3.63) is 54.1 Å². The van der Waals surface area contributed by atoms with Crippen LogP contribution >= 0.6 is 0 Å². The van der Waals surface area contributed by atoms with E-state index in [2.05, 4.69) is 5.32 Å². The molecule has 0 unspecified atom stereocenters. The summed E-state index contributed by atoms with van der Waals surface area (Å²) >= 11 is 0. The molecule has 1 amide bonds. The van der Waals surface area contributed by atoms with E-state index in [1.807, 2.05) is 55.5 Å². The Kier molecular flexibility index (Phi) is 3.71. The molecule has 0 spiro atoms. The summed E-state index contributed by atoms with van der Waals surface area (Å²) in [4.78, 5) is 24.9. The van der Waals surface area contributed by atoms with E-state index in [1.54, 1.807) is 0 Å². The van der Waals surface area contributed by atoms with Crippen molar-refractivity contribution in [2.75, 3.05) is 5.32 Å². The molecule has 1 saturated heterocycles. The van der Waals surface area contributed by atoms with Gasteiger partial charge in [0.1, 0.15) is 17.6 Å². The van der Waals surface area contributed by atoms with Crippen LogP contribution in [0.5, 0.6) is 11.5 Å². The summed E-state index contributed by atoms with van der Waals surface area (Å²) in [5, 5.41) is 2.97. The summed E-state index contributed by atoms with van der Waals surface area (Å²) in [5.41, 5.74) is 1.89. The summed E-state index contributed by atoms with van der Waals surface area (Å²) in [6.07, 6.45) is 1.81. The molecule has 1 aliphatic heterocycles. The topological polar surface area (TPSA) is 64.6 Å². The zero-order chi connectivity index (χ0) is 18.5. The van der Waals surface area contributed by atoms with Crippen molar-refractivity contribution >= 4 is 17.6 Å². The number of esters is 1. The number of hydrogen-bond acceptors (Lipinski definition) is 4. The Labute approximate surface area is 157 Å². The summed E-state index contributed by atoms with van der Waals surface area (Å²) in [5.74, 6) is 1.21. The van der Waals surface area contributed by atoms with E-state index >= 15 is 0 Å². The summed E-state index contributed by atoms with van der Waals surface area (Å²) < 4.78 is 11.2. The number of amides is 1. The van der Waals surface area contributed by atoms with Gasteiger partial charge in [-0.2, -0.15) is 0 Å². The van der Waals surface area contributed by atoms with Crippen LogP contribution in [0.1, 0.15) is 18.4 Å². The molecule has 138 valence electrons. The van der Waals surface area contributed by atoms with Crippen molar-refractivity contribution in [1.82, 2.24) is 0 Å². The first kappa shape index (κ1) is 16.4. The lowest BCUT2D eigenvalue weighted by atomic mass is 9.79. The number of carbonyl (C=O) groups excluding carboxylic acids is 2. The summed E-state index contributed by atoms with van der Waals surface area (Å²) in [6.45, 7) is 2.03. The Hall–Kier alpha value is -2.82. The van der Waals surface area contributed by atoms with Gasteiger partial charge in [-0.15, -0.1) is 0 Å². The molecule has 2 aromatic carbocycles. The maximum Gasteiger partial charge on any atom is 0.310 e. The van der Waals surface area contributed by atoms with Gasteiger partial charge in [-0.05, 0) is 62.1 Å². The zero-order valence-electron chi connectivity index (χ0n) is 15.1. The number of rotatable bonds is 4. The molecule has 2 saturated carbocycles. The smallest absolute Gasteiger partial charge is 0.310 e. The maximum absolute atomic E-state index is 12.8. The van der Waals surface area contributed by atoms with Gasteiger partial charge >= 0.3 is 5.97 Å². The van der Waals surface area contributed by atoms with E-state index in [1.165, 1.54) is 5.56 Å². The average Bonchev–Trinajstić information content (AvgIpc) is 3.27. The third-order valence-corrected chi connectivity index (χ3v) is 6.16. The lowest BCUT2D eigenvalue weighted by molar-refractivity contribution is -0.145. The number of nitrogens with one attached hydrogen (secondary N) is 1. The molecular weight excluding hydrogens is 342 g/mol. The SMILES string of the molecule is Cc1ccc(Oc2ccc(NC(=O)[C@@H]3[C@H]4C[C@@H]5[C@@H]3C(=O)O[C@@H]5C4)cc2)cc1. The van der Waals surface area contributed by atoms with Crippen molar-refractivity contribution in [1.29, 1.82) is 0 Å². The van der Waals surface area contributed by atoms with E-state index in [9.17, 15) is 9.59 Å². The van der Waals surface area contributed by atoms with Crippen LogP contribution in [0.2, 0.25) is 0 Å². The molecule has 3 aliphatic rings. The van der Waals surface area contributed by atoms with Gasteiger partial charge in [0.05, 0.1) is 11.8 Å². The molecule has 2 bridgehead atoms. The Morgan fingerprint density at radius 1 is 1.04 bits per heavy atom. The van der Waals surface area contributed by atoms with Crippen LogP contribution in [0.4, 0.5) is 5.69 Å². The van der Waals surface area contributed by atoms with Crippen molar-refractivity contribution in [2.24, 2.45) is 23.7 Å². The predicted molar refractivity (Wildman–Crippen MR) is 99.4 cm³/mol. The number of fused-ring (bicyclic) bond motifs is 1. The Morgan fingerprint density at radius 2 is 1.70 bits per heavy atom. The standard InChI is InChI=1S/C22H21NO4/c1-12-2-6-15(7-3-12)26-16-8-4-14(5-9-16)23-21(24)19-13-10-17-18(11-13)27-22(25)20(17)19/h2-9,13,17-20H,10-11H2,1H3,(H,23,24)/t13-,17-,18+,19+,20-/m0/s1. The van der Waals surface area contributed by atoms with Crippen LogP contribution in [0, 0.1) is 30.6 Å². The fourth-order valence-corrected chi connectivity index (χ4v) is 4.94. The van der Waals surface area contributed by atoms with Crippen molar-refractivity contribution in [2.45, 2.75) is 25.9 Å². The van der Waals surface area contributed by atoms with Crippen LogP contribution in [-0.4, -0.2) is 18.0 Å². The highest BCUT2D eigenvalue weighted by molar-refractivity contribution is 5.97. The summed E-state index contributed by atoms with van der Waals surface area (Å²) in [6, 6.07) is 15.2. The highest BCUT2D eigenvalue weighted by Gasteiger charge is 2.63. The minimum Gasteiger partial charge on any atom is -0.462 e. The Bertz CT molecular complexity index is 888. The molecule has 5 heteroatoms. The number of aryl methyl sites for hydroxylation is 1. The number of anilines is 1. The second kappa shape index (κ2) is 6.12. The van der Waals surface area contributed by atoms with Gasteiger partial charge in [-0.1, -0.05) is 17.7 Å². The zero-order valence-corrected chi connectivity index (χ0v) is 15.1. The van der Waals surface area contributed by atoms with E-state index in [0.29, 0.717) is 11.4 Å². The molecule has 0 aromatic heterocycles. The van der Waals surface area contributed by atoms with Gasteiger partial charge in [0, 0.05) is 11.6 Å². The predicted octanol–water partition coefficient (Wildman–Crippen LogP) is 3.92. The first-order chi connectivity index (χ1) is 13.1. The van der Waals surface area contributed by atoms with Crippen LogP contribution in [-0.2, 0) is 14.3 Å². The van der Waals surface area contributed by atoms with Crippen molar-refractivity contribution in [3.63, 3.8) is 0 Å². The normalized spacial score (nSPS) is 30.3. The molecule has 5 nitrogen and oxygen atoms in total. The number of hydrogen-bond donors (Lipinski definition) is 1. The average molecular weight is 363 g/mol. The maximum atomic E-state index is 12.8. The number of ether oxygens (including phenoxy) is 2. The third-order valence-electron chi connectivity index (χ3n) is 6.16. The highest BCUT2D eigenvalue weighted by Crippen LogP contribution is 2.57. The highest BCUT2D eigenvalue weighted by atomic mass is 16.6. The Morgan fingerprint density at radius 3 is 2.41 bits per heavy atom. The molecular formula is C22H21NO4. The quantitative estimate of drug-likeness (QED) is 0.836. The van der Waals surface area contributed by atoms with Crippen molar-refractivity contribution in [3.8, 4) is 11.5 Å². The van der Waals surface area contributed by atoms with E-state index < -0.39 is 0 Å². The van der Waals surface area contributed by atoms with Gasteiger partial charge in [0.25, 0.3) is 0 Å². The van der Waals surface area contributed by atoms with Crippen LogP contribution in [0.3, 0.4) is 0 Å². The summed E-state index contributed by atoms with van der Waals surface area (Å²) in [7, 11) is 0. The lowest BCUT2D eigenvalue weighted by Crippen LogP contribution is -2.35. The molecule has 2 aromatic rings. The first-order valence-electron chi connectivity index (χ1n) is 9.44. The molecule has 0 radical (unpaired) electrons. The van der Waals surface area contributed by atoms with Crippen LogP contribution in [0.25, 0.3) is 0 Å². The molecule has 2 aliphatic carbocycles. The molecule has 3 fully saturated rings. The van der Waals surface area contributed by atoms with Crippen LogP contribution in [0.15, 0.2) is 48.5 Å². The van der Waals surface area contributed by atoms with Gasteiger partial charge in [0.15, 0.2) is 0 Å². The fraction of sp³-hybridized carbons (Fsp3) is 0.364. The second-order valence-electron chi connectivity index (χ2n) is 7.85. The van der Waals surface area contributed by atoms with Crippen molar-refractivity contribution < 1.29 is 19.1 Å². The van der Waals surface area contributed by atoms with E-state index in [4.69, 9.17) is 9.47 Å². The van der Waals surface area contributed by atoms with E-state index in [-0.39, 0.29) is 41.7 Å². The van der Waals surface area contributed by atoms with E-state index in [0.717, 1.165) is 18.6 Å². The molecule has 5 rings (SSSR count). The second-order valence-corrected chi connectivity index (χ2v) is 7.85. The Balaban J connectivity index is 1.25. The molecule has 27 heavy (non-hydrogen) atoms. The minimum atomic E-state index is -0.260. The fourth-order valence-electron chi connectivity index (χ4n) is 4.94. The number of carbonyl (C=O) groups is 2. The minimum absolute atomic E-state index is 0.0507. The molecule has 1 N–H and O–H groups in total. The van der Waals surface area contributed by atoms with Gasteiger partial charge in [-0.3, -0.25) is 9.59 Å². The van der Waals surface area contributed by atoms with Gasteiger partial charge in [0.2, 0.25) is 5.91 Å². The monoisotopic (exact) mass is 363 g/mol. The first-order valence-corrected chi connectivity index (χ1v) is 9.44.